The lowest BCUT2D eigenvalue weighted by atomic mass is 9.93. The van der Waals surface area contributed by atoms with Crippen molar-refractivity contribution >= 4 is 22.3 Å². The van der Waals surface area contributed by atoms with E-state index >= 15 is 0 Å². The first-order chi connectivity index (χ1) is 16.9. The summed E-state index contributed by atoms with van der Waals surface area (Å²) < 4.78 is 86.3. The highest BCUT2D eigenvalue weighted by atomic mass is 32.2. The average molecular weight is 540 g/mol. The summed E-state index contributed by atoms with van der Waals surface area (Å²) in [7, 11) is 0. The molecule has 37 heavy (non-hydrogen) atoms. The minimum Gasteiger partial charge on any atom is -0.598 e. The van der Waals surface area contributed by atoms with Gasteiger partial charge in [0.1, 0.15) is 10.8 Å². The SMILES string of the molecule is CC(C)(C)Cn1cc(C(N[S+]([O-])C(C)(C)C)C(F)F)c2ccc(-c3c(C#N)cccc3C(F)(F)F)cc21. The van der Waals surface area contributed by atoms with E-state index in [1.165, 1.54) is 30.3 Å². The molecule has 0 aliphatic heterocycles. The van der Waals surface area contributed by atoms with Gasteiger partial charge in [-0.2, -0.15) is 18.4 Å². The van der Waals surface area contributed by atoms with Gasteiger partial charge in [-0.3, -0.25) is 0 Å². The van der Waals surface area contributed by atoms with E-state index in [2.05, 4.69) is 4.72 Å². The first-order valence-electron chi connectivity index (χ1n) is 11.6. The summed E-state index contributed by atoms with van der Waals surface area (Å²) >= 11 is -1.79. The Balaban J connectivity index is 2.29. The number of nitrogens with zero attached hydrogens (tertiary/aromatic N) is 2. The number of rotatable bonds is 6. The molecule has 0 bridgehead atoms. The summed E-state index contributed by atoms with van der Waals surface area (Å²) in [4.78, 5) is 0. The van der Waals surface area contributed by atoms with Gasteiger partial charge < -0.3 is 9.12 Å². The van der Waals surface area contributed by atoms with E-state index in [1.807, 2.05) is 26.8 Å². The van der Waals surface area contributed by atoms with Crippen LogP contribution in [0, 0.1) is 16.7 Å². The van der Waals surface area contributed by atoms with Crippen LogP contribution in [-0.2, 0) is 24.1 Å². The van der Waals surface area contributed by atoms with E-state index in [4.69, 9.17) is 0 Å². The molecule has 2 unspecified atom stereocenters. The smallest absolute Gasteiger partial charge is 0.417 e. The molecular weight excluding hydrogens is 509 g/mol. The van der Waals surface area contributed by atoms with Crippen LogP contribution in [0.1, 0.15) is 64.3 Å². The zero-order valence-corrected chi connectivity index (χ0v) is 22.3. The molecule has 1 heterocycles. The molecule has 0 saturated heterocycles. The summed E-state index contributed by atoms with van der Waals surface area (Å²) in [5, 5.41) is 9.94. The van der Waals surface area contributed by atoms with Crippen molar-refractivity contribution in [1.82, 2.24) is 9.29 Å². The molecular formula is C27H30F5N3OS. The Morgan fingerprint density at radius 1 is 1.05 bits per heavy atom. The fourth-order valence-corrected chi connectivity index (χ4v) is 4.92. The molecule has 10 heteroatoms. The highest BCUT2D eigenvalue weighted by Crippen LogP contribution is 2.41. The molecule has 4 nitrogen and oxygen atoms in total. The van der Waals surface area contributed by atoms with E-state index in [0.29, 0.717) is 17.4 Å². The standard InChI is InChI=1S/C27H30F5N3OS/c1-25(2,3)15-35-14-19(23(24(28)29)34-37(36)26(4,5)6)18-11-10-16(12-21(18)35)22-17(13-33)8-7-9-20(22)27(30,31)32/h7-12,14,23-24,34H,15H2,1-6H3. The van der Waals surface area contributed by atoms with Crippen LogP contribution in [0.25, 0.3) is 22.0 Å². The number of benzene rings is 2. The van der Waals surface area contributed by atoms with Crippen molar-refractivity contribution in [3.8, 4) is 17.2 Å². The molecule has 0 fully saturated rings. The molecule has 3 aromatic rings. The molecule has 200 valence electrons. The monoisotopic (exact) mass is 539 g/mol. The van der Waals surface area contributed by atoms with Crippen molar-refractivity contribution in [3.63, 3.8) is 0 Å². The number of alkyl halides is 5. The summed E-state index contributed by atoms with van der Waals surface area (Å²) in [6, 6.07) is 8.07. The minimum atomic E-state index is -4.70. The normalized spacial score (nSPS) is 14.7. The topological polar surface area (TPSA) is 63.8 Å². The third-order valence-corrected chi connectivity index (χ3v) is 7.29. The van der Waals surface area contributed by atoms with Crippen LogP contribution in [-0.4, -0.2) is 20.3 Å². The highest BCUT2D eigenvalue weighted by molar-refractivity contribution is 7.90. The number of halogens is 5. The van der Waals surface area contributed by atoms with E-state index in [9.17, 15) is 31.8 Å². The lowest BCUT2D eigenvalue weighted by molar-refractivity contribution is -0.137. The molecule has 3 rings (SSSR count). The van der Waals surface area contributed by atoms with Crippen LogP contribution in [0.3, 0.4) is 0 Å². The molecule has 0 saturated carbocycles. The van der Waals surface area contributed by atoms with Crippen LogP contribution in [0.4, 0.5) is 22.0 Å². The summed E-state index contributed by atoms with van der Waals surface area (Å²) in [5.74, 6) is 0. The third kappa shape index (κ3) is 6.46. The Bertz CT molecular complexity index is 1310. The molecule has 1 N–H and O–H groups in total. The largest absolute Gasteiger partial charge is 0.598 e. The van der Waals surface area contributed by atoms with Gasteiger partial charge in [-0.05, 0) is 49.9 Å². The van der Waals surface area contributed by atoms with Gasteiger partial charge in [-0.25, -0.2) is 8.78 Å². The zero-order chi connectivity index (χ0) is 27.9. The fraction of sp³-hybridized carbons (Fsp3) is 0.444. The van der Waals surface area contributed by atoms with Gasteiger partial charge in [-0.15, -0.1) is 4.72 Å². The maximum absolute atomic E-state index is 14.3. The van der Waals surface area contributed by atoms with Crippen molar-refractivity contribution in [2.24, 2.45) is 5.41 Å². The van der Waals surface area contributed by atoms with Crippen molar-refractivity contribution in [2.45, 2.75) is 71.5 Å². The van der Waals surface area contributed by atoms with Crippen molar-refractivity contribution in [1.29, 1.82) is 5.26 Å². The number of nitriles is 1. The van der Waals surface area contributed by atoms with E-state index in [-0.39, 0.29) is 27.7 Å². The first-order valence-corrected chi connectivity index (χ1v) is 12.8. The minimum absolute atomic E-state index is 0.143. The molecule has 2 aromatic carbocycles. The summed E-state index contributed by atoms with van der Waals surface area (Å²) in [6.07, 6.45) is -6.04. The van der Waals surface area contributed by atoms with Crippen molar-refractivity contribution < 1.29 is 26.5 Å². The molecule has 0 radical (unpaired) electrons. The van der Waals surface area contributed by atoms with Crippen molar-refractivity contribution in [2.75, 3.05) is 0 Å². The number of fused-ring (bicyclic) bond motifs is 1. The maximum Gasteiger partial charge on any atom is 0.417 e. The van der Waals surface area contributed by atoms with Crippen LogP contribution in [0.15, 0.2) is 42.6 Å². The molecule has 1 aromatic heterocycles. The molecule has 2 atom stereocenters. The Labute approximate surface area is 216 Å². The fourth-order valence-electron chi connectivity index (χ4n) is 4.10. The second-order valence-corrected chi connectivity index (χ2v) is 13.2. The predicted octanol–water partition coefficient (Wildman–Crippen LogP) is 7.60. The van der Waals surface area contributed by atoms with Gasteiger partial charge in [0.15, 0.2) is 0 Å². The Morgan fingerprint density at radius 3 is 2.22 bits per heavy atom. The van der Waals surface area contributed by atoms with Gasteiger partial charge in [0, 0.05) is 46.1 Å². The summed E-state index contributed by atoms with van der Waals surface area (Å²) in [5.41, 5.74) is -0.856. The molecule has 0 amide bonds. The van der Waals surface area contributed by atoms with Crippen LogP contribution in [0.2, 0.25) is 0 Å². The van der Waals surface area contributed by atoms with Crippen LogP contribution in [0.5, 0.6) is 0 Å². The second-order valence-electron chi connectivity index (χ2n) is 11.2. The second kappa shape index (κ2) is 10.3. The van der Waals surface area contributed by atoms with Gasteiger partial charge in [-0.1, -0.05) is 39.0 Å². The Morgan fingerprint density at radius 2 is 1.70 bits per heavy atom. The maximum atomic E-state index is 14.3. The first kappa shape index (κ1) is 29.0. The van der Waals surface area contributed by atoms with Gasteiger partial charge in [0.25, 0.3) is 6.43 Å². The van der Waals surface area contributed by atoms with Gasteiger partial charge >= 0.3 is 6.18 Å². The molecule has 0 spiro atoms. The van der Waals surface area contributed by atoms with E-state index in [0.717, 1.165) is 6.07 Å². The lowest BCUT2D eigenvalue weighted by Crippen LogP contribution is -2.43. The molecule has 0 aliphatic carbocycles. The number of hydrogen-bond donors (Lipinski definition) is 1. The Hall–Kier alpha value is -2.61. The third-order valence-electron chi connectivity index (χ3n) is 5.71. The number of aromatic nitrogens is 1. The quantitative estimate of drug-likeness (QED) is 0.259. The summed E-state index contributed by atoms with van der Waals surface area (Å²) in [6.45, 7) is 11.2. The average Bonchev–Trinajstić information content (AvgIpc) is 3.10. The van der Waals surface area contributed by atoms with Crippen LogP contribution >= 0.6 is 0 Å². The van der Waals surface area contributed by atoms with E-state index < -0.39 is 40.3 Å². The van der Waals surface area contributed by atoms with Crippen LogP contribution < -0.4 is 4.72 Å². The highest BCUT2D eigenvalue weighted by Gasteiger charge is 2.37. The number of nitrogens with one attached hydrogen (secondary N) is 1. The van der Waals surface area contributed by atoms with E-state index in [1.54, 1.807) is 31.5 Å². The van der Waals surface area contributed by atoms with Gasteiger partial charge in [0.05, 0.1) is 17.2 Å². The van der Waals surface area contributed by atoms with Crippen molar-refractivity contribution in [3.05, 3.63) is 59.3 Å². The predicted molar refractivity (Wildman–Crippen MR) is 136 cm³/mol. The Kier molecular flexibility index (Phi) is 8.04. The zero-order valence-electron chi connectivity index (χ0n) is 21.5. The van der Waals surface area contributed by atoms with Gasteiger partial charge in [0.2, 0.25) is 0 Å². The number of hydrogen-bond acceptors (Lipinski definition) is 3. The molecule has 0 aliphatic rings. The lowest BCUT2D eigenvalue weighted by Gasteiger charge is -2.27.